The molecule has 0 radical (unpaired) electrons. The molecule has 7 heteroatoms. The molecule has 1 amide bonds. The normalized spacial score (nSPS) is 28.4. The summed E-state index contributed by atoms with van der Waals surface area (Å²) >= 11 is 1.71. The molecule has 0 bridgehead atoms. The standard InChI is InChI=1S/C15H19N3O3S/c19-15(18-2-4-20-5-3-18)14-12-8-17(9-13(12)21-16-14)7-11-1-6-22-10-11/h1,6,10,12-13H,2-5,7-9H2/t12-,13+/m0/s1. The molecule has 2 atom stereocenters. The van der Waals surface area contributed by atoms with E-state index in [1.165, 1.54) is 5.56 Å². The van der Waals surface area contributed by atoms with Gasteiger partial charge in [0.05, 0.1) is 19.1 Å². The number of fused-ring (bicyclic) bond motifs is 1. The highest BCUT2D eigenvalue weighted by Crippen LogP contribution is 2.29. The Morgan fingerprint density at radius 2 is 2.23 bits per heavy atom. The largest absolute Gasteiger partial charge is 0.390 e. The summed E-state index contributed by atoms with van der Waals surface area (Å²) in [5, 5.41) is 8.35. The molecule has 2 saturated heterocycles. The third-order valence-corrected chi connectivity index (χ3v) is 5.22. The van der Waals surface area contributed by atoms with Crippen molar-refractivity contribution in [1.29, 1.82) is 0 Å². The highest BCUT2D eigenvalue weighted by molar-refractivity contribution is 7.07. The molecule has 4 heterocycles. The van der Waals surface area contributed by atoms with E-state index in [-0.39, 0.29) is 17.9 Å². The highest BCUT2D eigenvalue weighted by atomic mass is 32.1. The molecule has 1 aromatic heterocycles. The van der Waals surface area contributed by atoms with E-state index in [0.29, 0.717) is 32.0 Å². The van der Waals surface area contributed by atoms with Crippen LogP contribution in [-0.2, 0) is 20.9 Å². The Morgan fingerprint density at radius 3 is 3.00 bits per heavy atom. The van der Waals surface area contributed by atoms with Gasteiger partial charge in [0.1, 0.15) is 6.10 Å². The second-order valence-electron chi connectivity index (χ2n) is 5.96. The number of oxime groups is 1. The summed E-state index contributed by atoms with van der Waals surface area (Å²) in [6.45, 7) is 5.11. The van der Waals surface area contributed by atoms with E-state index >= 15 is 0 Å². The summed E-state index contributed by atoms with van der Waals surface area (Å²) in [6.07, 6.45) is 0.0265. The van der Waals surface area contributed by atoms with Crippen molar-refractivity contribution in [2.45, 2.75) is 12.6 Å². The minimum atomic E-state index is 0.0215. The van der Waals surface area contributed by atoms with E-state index in [1.807, 2.05) is 4.90 Å². The van der Waals surface area contributed by atoms with E-state index < -0.39 is 0 Å². The minimum absolute atomic E-state index is 0.0215. The van der Waals surface area contributed by atoms with Gasteiger partial charge in [-0.05, 0) is 22.4 Å². The van der Waals surface area contributed by atoms with Gasteiger partial charge >= 0.3 is 0 Å². The lowest BCUT2D eigenvalue weighted by Gasteiger charge is -2.27. The Kier molecular flexibility index (Phi) is 3.85. The first-order valence-electron chi connectivity index (χ1n) is 7.65. The minimum Gasteiger partial charge on any atom is -0.390 e. The van der Waals surface area contributed by atoms with Crippen molar-refractivity contribution in [3.05, 3.63) is 22.4 Å². The van der Waals surface area contributed by atoms with E-state index in [1.54, 1.807) is 11.3 Å². The molecule has 0 aliphatic carbocycles. The first-order valence-corrected chi connectivity index (χ1v) is 8.60. The lowest BCUT2D eigenvalue weighted by Crippen LogP contribution is -2.46. The number of rotatable bonds is 3. The second kappa shape index (κ2) is 5.98. The fourth-order valence-electron chi connectivity index (χ4n) is 3.31. The van der Waals surface area contributed by atoms with Crippen molar-refractivity contribution in [2.75, 3.05) is 39.4 Å². The van der Waals surface area contributed by atoms with E-state index in [4.69, 9.17) is 9.57 Å². The fraction of sp³-hybridized carbons (Fsp3) is 0.600. The number of nitrogens with zero attached hydrogens (tertiary/aromatic N) is 3. The Labute approximate surface area is 133 Å². The Bertz CT molecular complexity index is 569. The molecular formula is C15H19N3O3S. The van der Waals surface area contributed by atoms with Crippen molar-refractivity contribution in [3.63, 3.8) is 0 Å². The van der Waals surface area contributed by atoms with Crippen LogP contribution in [0.1, 0.15) is 5.56 Å². The second-order valence-corrected chi connectivity index (χ2v) is 6.74. The van der Waals surface area contributed by atoms with Crippen LogP contribution in [0.4, 0.5) is 0 Å². The van der Waals surface area contributed by atoms with Gasteiger partial charge in [-0.25, -0.2) is 0 Å². The van der Waals surface area contributed by atoms with E-state index in [9.17, 15) is 4.79 Å². The maximum atomic E-state index is 12.6. The van der Waals surface area contributed by atoms with Crippen molar-refractivity contribution >= 4 is 23.0 Å². The van der Waals surface area contributed by atoms with E-state index in [2.05, 4.69) is 26.9 Å². The van der Waals surface area contributed by atoms with Crippen LogP contribution in [0, 0.1) is 5.92 Å². The van der Waals surface area contributed by atoms with Gasteiger partial charge in [-0.1, -0.05) is 5.16 Å². The van der Waals surface area contributed by atoms with Crippen LogP contribution in [-0.4, -0.2) is 66.9 Å². The lowest BCUT2D eigenvalue weighted by atomic mass is 10.00. The predicted octanol–water partition coefficient (Wildman–Crippen LogP) is 0.793. The Hall–Kier alpha value is -1.44. The van der Waals surface area contributed by atoms with Gasteiger partial charge in [-0.3, -0.25) is 9.69 Å². The van der Waals surface area contributed by atoms with Crippen LogP contribution in [0.25, 0.3) is 0 Å². The van der Waals surface area contributed by atoms with Gasteiger partial charge in [0.25, 0.3) is 5.91 Å². The quantitative estimate of drug-likeness (QED) is 0.826. The summed E-state index contributed by atoms with van der Waals surface area (Å²) in [5.74, 6) is 0.127. The molecule has 0 aromatic carbocycles. The number of morpholine rings is 1. The van der Waals surface area contributed by atoms with Gasteiger partial charge in [0.15, 0.2) is 5.71 Å². The van der Waals surface area contributed by atoms with Crippen molar-refractivity contribution in [3.8, 4) is 0 Å². The molecule has 1 aromatic rings. The van der Waals surface area contributed by atoms with Crippen LogP contribution in [0.3, 0.4) is 0 Å². The smallest absolute Gasteiger partial charge is 0.272 e. The first kappa shape index (κ1) is 14.2. The average Bonchev–Trinajstić information content (AvgIpc) is 3.25. The van der Waals surface area contributed by atoms with Crippen molar-refractivity contribution < 1.29 is 14.4 Å². The topological polar surface area (TPSA) is 54.4 Å². The monoisotopic (exact) mass is 321 g/mol. The maximum Gasteiger partial charge on any atom is 0.272 e. The number of amides is 1. The molecule has 22 heavy (non-hydrogen) atoms. The average molecular weight is 321 g/mol. The molecule has 2 fully saturated rings. The van der Waals surface area contributed by atoms with Crippen molar-refractivity contribution in [2.24, 2.45) is 11.1 Å². The molecule has 6 nitrogen and oxygen atoms in total. The van der Waals surface area contributed by atoms with Crippen LogP contribution >= 0.6 is 11.3 Å². The summed E-state index contributed by atoms with van der Waals surface area (Å²) in [4.78, 5) is 22.3. The molecule has 3 aliphatic heterocycles. The Morgan fingerprint density at radius 1 is 1.36 bits per heavy atom. The number of thiophene rings is 1. The Balaban J connectivity index is 1.40. The maximum absolute atomic E-state index is 12.6. The molecular weight excluding hydrogens is 302 g/mol. The number of hydrogen-bond donors (Lipinski definition) is 0. The zero-order valence-electron chi connectivity index (χ0n) is 12.3. The summed E-state index contributed by atoms with van der Waals surface area (Å²) < 4.78 is 5.30. The summed E-state index contributed by atoms with van der Waals surface area (Å²) in [6, 6.07) is 2.15. The predicted molar refractivity (Wildman–Crippen MR) is 82.8 cm³/mol. The van der Waals surface area contributed by atoms with Gasteiger partial charge in [0, 0.05) is 32.7 Å². The molecule has 0 spiro atoms. The number of likely N-dealkylation sites (tertiary alicyclic amines) is 1. The number of carbonyl (C=O) groups excluding carboxylic acids is 1. The molecule has 0 N–H and O–H groups in total. The van der Waals surface area contributed by atoms with Crippen LogP contribution in [0.5, 0.6) is 0 Å². The molecule has 0 unspecified atom stereocenters. The fourth-order valence-corrected chi connectivity index (χ4v) is 3.97. The molecule has 4 rings (SSSR count). The van der Waals surface area contributed by atoms with E-state index in [0.717, 1.165) is 19.6 Å². The van der Waals surface area contributed by atoms with Crippen LogP contribution < -0.4 is 0 Å². The van der Waals surface area contributed by atoms with Gasteiger partial charge in [-0.15, -0.1) is 0 Å². The molecule has 0 saturated carbocycles. The third kappa shape index (κ3) is 2.64. The first-order chi connectivity index (χ1) is 10.8. The third-order valence-electron chi connectivity index (χ3n) is 4.48. The molecule has 3 aliphatic rings. The summed E-state index contributed by atoms with van der Waals surface area (Å²) in [5.41, 5.74) is 1.92. The van der Waals surface area contributed by atoms with Gasteiger partial charge < -0.3 is 14.5 Å². The van der Waals surface area contributed by atoms with Gasteiger partial charge in [-0.2, -0.15) is 11.3 Å². The zero-order valence-corrected chi connectivity index (χ0v) is 13.1. The number of hydrogen-bond acceptors (Lipinski definition) is 6. The zero-order chi connectivity index (χ0) is 14.9. The van der Waals surface area contributed by atoms with Crippen LogP contribution in [0.2, 0.25) is 0 Å². The van der Waals surface area contributed by atoms with Crippen molar-refractivity contribution in [1.82, 2.24) is 9.80 Å². The summed E-state index contributed by atoms with van der Waals surface area (Å²) in [7, 11) is 0. The number of carbonyl (C=O) groups is 1. The van der Waals surface area contributed by atoms with Crippen LogP contribution in [0.15, 0.2) is 22.0 Å². The highest BCUT2D eigenvalue weighted by Gasteiger charge is 2.45. The van der Waals surface area contributed by atoms with Gasteiger partial charge in [0.2, 0.25) is 0 Å². The molecule has 118 valence electrons. The lowest BCUT2D eigenvalue weighted by molar-refractivity contribution is -0.128. The number of ether oxygens (including phenoxy) is 1. The SMILES string of the molecule is O=C(C1=NO[C@@H]2CN(Cc3ccsc3)C[C@H]12)N1CCOCC1.